The van der Waals surface area contributed by atoms with Crippen LogP contribution in [0.5, 0.6) is 0 Å². The number of rotatable bonds is 24. The Balaban J connectivity index is 1.77. The fourth-order valence-corrected chi connectivity index (χ4v) is 6.09. The molecule has 0 amide bonds. The molecule has 0 aromatic heterocycles. The summed E-state index contributed by atoms with van der Waals surface area (Å²) in [5, 5.41) is 3.45. The quantitative estimate of drug-likeness (QED) is 0.0841. The number of unbranched alkanes of at least 4 members (excludes halogenated alkanes) is 17. The summed E-state index contributed by atoms with van der Waals surface area (Å²) >= 11 is 0. The van der Waals surface area contributed by atoms with Crippen LogP contribution in [-0.2, 0) is 4.74 Å². The first-order valence-corrected chi connectivity index (χ1v) is 19.1. The maximum absolute atomic E-state index is 11.7. The zero-order valence-electron chi connectivity index (χ0n) is 24.5. The third kappa shape index (κ3) is 19.8. The van der Waals surface area contributed by atoms with Crippen LogP contribution in [0.2, 0.25) is 25.7 Å². The van der Waals surface area contributed by atoms with Gasteiger partial charge < -0.3 is 10.1 Å². The van der Waals surface area contributed by atoms with Crippen molar-refractivity contribution < 1.29 is 9.53 Å². The Morgan fingerprint density at radius 1 is 0.639 bits per heavy atom. The lowest BCUT2D eigenvalue weighted by atomic mass is 10.0. The summed E-state index contributed by atoms with van der Waals surface area (Å²) < 4.78 is 5.02. The first-order chi connectivity index (χ1) is 17.4. The van der Waals surface area contributed by atoms with Crippen LogP contribution < -0.4 is 5.32 Å². The van der Waals surface area contributed by atoms with Crippen LogP contribution in [0, 0.1) is 0 Å². The highest BCUT2D eigenvalue weighted by Gasteiger charge is 2.11. The lowest BCUT2D eigenvalue weighted by Crippen LogP contribution is -2.18. The predicted molar refractivity (Wildman–Crippen MR) is 162 cm³/mol. The van der Waals surface area contributed by atoms with Gasteiger partial charge in [0.1, 0.15) is 0 Å². The number of benzene rings is 1. The van der Waals surface area contributed by atoms with Crippen molar-refractivity contribution >= 4 is 19.7 Å². The number of ether oxygens (including phenoxy) is 1. The summed E-state index contributed by atoms with van der Waals surface area (Å²) in [5.41, 5.74) is 1.69. The molecular weight excluding hydrogens is 458 g/mol. The molecule has 0 unspecified atom stereocenters. The van der Waals surface area contributed by atoms with E-state index in [9.17, 15) is 4.79 Å². The molecule has 0 radical (unpaired) electrons. The average Bonchev–Trinajstić information content (AvgIpc) is 2.85. The Bertz CT molecular complexity index is 639. The first kappa shape index (κ1) is 32.7. The molecule has 1 aromatic rings. The van der Waals surface area contributed by atoms with Crippen molar-refractivity contribution in [2.24, 2.45) is 0 Å². The molecule has 0 saturated carbocycles. The van der Waals surface area contributed by atoms with Gasteiger partial charge in [-0.1, -0.05) is 135 Å². The number of carbonyl (C=O) groups is 1. The molecular formula is C32H59NO2Si. The minimum absolute atomic E-state index is 0.247. The molecule has 36 heavy (non-hydrogen) atoms. The predicted octanol–water partition coefficient (Wildman–Crippen LogP) is 10.6. The van der Waals surface area contributed by atoms with Crippen molar-refractivity contribution in [1.29, 1.82) is 0 Å². The Morgan fingerprint density at radius 3 is 1.42 bits per heavy atom. The molecule has 0 aliphatic carbocycles. The van der Waals surface area contributed by atoms with Crippen LogP contribution in [0.4, 0.5) is 5.69 Å². The highest BCUT2D eigenvalue weighted by atomic mass is 28.3. The fraction of sp³-hybridized carbons (Fsp3) is 0.781. The molecule has 0 aliphatic heterocycles. The molecule has 0 atom stereocenters. The zero-order chi connectivity index (χ0) is 26.3. The molecule has 0 heterocycles. The number of esters is 1. The monoisotopic (exact) mass is 517 g/mol. The van der Waals surface area contributed by atoms with E-state index in [1.807, 2.05) is 31.2 Å². The van der Waals surface area contributed by atoms with Gasteiger partial charge in [0.05, 0.1) is 12.2 Å². The normalized spacial score (nSPS) is 11.6. The van der Waals surface area contributed by atoms with Gasteiger partial charge in [-0.2, -0.15) is 0 Å². The van der Waals surface area contributed by atoms with Gasteiger partial charge in [-0.05, 0) is 37.6 Å². The molecule has 1 rings (SSSR count). The van der Waals surface area contributed by atoms with Gasteiger partial charge >= 0.3 is 5.97 Å². The number of hydrogen-bond donors (Lipinski definition) is 1. The van der Waals surface area contributed by atoms with Crippen LogP contribution in [0.15, 0.2) is 24.3 Å². The molecule has 0 fully saturated rings. The topological polar surface area (TPSA) is 38.3 Å². The van der Waals surface area contributed by atoms with Crippen molar-refractivity contribution in [2.75, 3.05) is 18.5 Å². The second-order valence-corrected chi connectivity index (χ2v) is 17.5. The summed E-state index contributed by atoms with van der Waals surface area (Å²) in [6.45, 7) is 10.7. The molecule has 208 valence electrons. The van der Waals surface area contributed by atoms with Crippen molar-refractivity contribution in [3.8, 4) is 0 Å². The SMILES string of the molecule is CCOC(=O)c1ccc(NCCCCCCCCCCCCCCCCCCCC[Si](C)(C)C)cc1. The lowest BCUT2D eigenvalue weighted by Gasteiger charge is -2.14. The highest BCUT2D eigenvalue weighted by Crippen LogP contribution is 2.17. The standard InChI is InChI=1S/C32H59NO2Si/c1-5-35-32(34)30-24-26-31(27-25-30)33-28-22-20-18-16-14-12-10-8-6-7-9-11-13-15-17-19-21-23-29-36(2,3)4/h24-27,33H,5-23,28-29H2,1-4H3. The van der Waals surface area contributed by atoms with Gasteiger partial charge in [-0.25, -0.2) is 4.79 Å². The highest BCUT2D eigenvalue weighted by molar-refractivity contribution is 6.76. The summed E-state index contributed by atoms with van der Waals surface area (Å²) in [6, 6.07) is 9.11. The van der Waals surface area contributed by atoms with E-state index in [4.69, 9.17) is 4.74 Å². The molecule has 4 heteroatoms. The van der Waals surface area contributed by atoms with Gasteiger partial charge in [-0.3, -0.25) is 0 Å². The smallest absolute Gasteiger partial charge is 0.338 e. The largest absolute Gasteiger partial charge is 0.462 e. The third-order valence-corrected chi connectivity index (χ3v) is 8.93. The Labute approximate surface area is 225 Å². The maximum Gasteiger partial charge on any atom is 0.338 e. The fourth-order valence-electron chi connectivity index (χ4n) is 4.78. The van der Waals surface area contributed by atoms with Crippen LogP contribution >= 0.6 is 0 Å². The number of carbonyl (C=O) groups excluding carboxylic acids is 1. The summed E-state index contributed by atoms with van der Waals surface area (Å²) in [6.07, 6.45) is 25.6. The van der Waals surface area contributed by atoms with Crippen LogP contribution in [-0.4, -0.2) is 27.2 Å². The second kappa shape index (κ2) is 21.8. The minimum Gasteiger partial charge on any atom is -0.462 e. The van der Waals surface area contributed by atoms with Crippen LogP contribution in [0.1, 0.15) is 133 Å². The molecule has 1 aromatic carbocycles. The van der Waals surface area contributed by atoms with Gasteiger partial charge in [0.25, 0.3) is 0 Å². The van der Waals surface area contributed by atoms with Crippen molar-refractivity contribution in [1.82, 2.24) is 0 Å². The summed E-state index contributed by atoms with van der Waals surface area (Å²) in [4.78, 5) is 11.7. The average molecular weight is 518 g/mol. The second-order valence-electron chi connectivity index (χ2n) is 11.9. The van der Waals surface area contributed by atoms with E-state index in [0.29, 0.717) is 12.2 Å². The third-order valence-electron chi connectivity index (χ3n) is 7.08. The van der Waals surface area contributed by atoms with E-state index in [1.165, 1.54) is 122 Å². The van der Waals surface area contributed by atoms with E-state index < -0.39 is 8.07 Å². The van der Waals surface area contributed by atoms with E-state index in [-0.39, 0.29) is 5.97 Å². The number of hydrogen-bond acceptors (Lipinski definition) is 3. The van der Waals surface area contributed by atoms with E-state index in [1.54, 1.807) is 0 Å². The van der Waals surface area contributed by atoms with Gasteiger partial charge in [-0.15, -0.1) is 0 Å². The first-order valence-electron chi connectivity index (χ1n) is 15.4. The number of nitrogens with one attached hydrogen (secondary N) is 1. The Kier molecular flexibility index (Phi) is 19.8. The molecule has 1 N–H and O–H groups in total. The zero-order valence-corrected chi connectivity index (χ0v) is 25.5. The maximum atomic E-state index is 11.7. The molecule has 0 saturated heterocycles. The van der Waals surface area contributed by atoms with Gasteiger partial charge in [0.2, 0.25) is 0 Å². The van der Waals surface area contributed by atoms with E-state index in [2.05, 4.69) is 25.0 Å². The summed E-state index contributed by atoms with van der Waals surface area (Å²) in [5.74, 6) is -0.247. The van der Waals surface area contributed by atoms with Crippen LogP contribution in [0.25, 0.3) is 0 Å². The van der Waals surface area contributed by atoms with E-state index in [0.717, 1.165) is 12.2 Å². The van der Waals surface area contributed by atoms with Gasteiger partial charge in [0, 0.05) is 20.3 Å². The van der Waals surface area contributed by atoms with E-state index >= 15 is 0 Å². The summed E-state index contributed by atoms with van der Waals surface area (Å²) in [7, 11) is -0.798. The minimum atomic E-state index is -0.798. The Morgan fingerprint density at radius 2 is 1.03 bits per heavy atom. The molecule has 0 bridgehead atoms. The lowest BCUT2D eigenvalue weighted by molar-refractivity contribution is 0.0526. The Hall–Kier alpha value is -1.29. The molecule has 3 nitrogen and oxygen atoms in total. The van der Waals surface area contributed by atoms with Crippen molar-refractivity contribution in [3.05, 3.63) is 29.8 Å². The molecule has 0 aliphatic rings. The molecule has 0 spiro atoms. The van der Waals surface area contributed by atoms with Crippen molar-refractivity contribution in [3.63, 3.8) is 0 Å². The number of anilines is 1. The van der Waals surface area contributed by atoms with Crippen LogP contribution in [0.3, 0.4) is 0 Å². The van der Waals surface area contributed by atoms with Crippen molar-refractivity contribution in [2.45, 2.75) is 148 Å². The van der Waals surface area contributed by atoms with Gasteiger partial charge in [0.15, 0.2) is 0 Å².